The Bertz CT molecular complexity index is 662. The summed E-state index contributed by atoms with van der Waals surface area (Å²) < 4.78 is 5.72. The molecule has 0 bridgehead atoms. The van der Waals surface area contributed by atoms with E-state index in [0.717, 1.165) is 11.1 Å². The van der Waals surface area contributed by atoms with Gasteiger partial charge in [-0.15, -0.1) is 0 Å². The molecule has 102 valence electrons. The second-order valence-electron chi connectivity index (χ2n) is 4.45. The van der Waals surface area contributed by atoms with Gasteiger partial charge in [0.05, 0.1) is 18.2 Å². The first-order valence-corrected chi connectivity index (χ1v) is 6.53. The van der Waals surface area contributed by atoms with Crippen LogP contribution in [0.25, 0.3) is 0 Å². The molecule has 1 N–H and O–H groups in total. The largest absolute Gasteiger partial charge is 0.489 e. The molecule has 4 heteroatoms. The summed E-state index contributed by atoms with van der Waals surface area (Å²) in [5.41, 5.74) is 3.30. The molecule has 0 radical (unpaired) electrons. The van der Waals surface area contributed by atoms with Gasteiger partial charge in [-0.05, 0) is 48.4 Å². The van der Waals surface area contributed by atoms with Gasteiger partial charge in [-0.2, -0.15) is 5.26 Å². The number of ether oxygens (including phenoxy) is 1. The Labute approximate surface area is 123 Å². The van der Waals surface area contributed by atoms with Gasteiger partial charge < -0.3 is 9.84 Å². The first-order chi connectivity index (χ1) is 9.63. The number of nitrogens with zero attached hydrogens (tertiary/aromatic N) is 1. The Kier molecular flexibility index (Phi) is 4.62. The first-order valence-electron chi connectivity index (χ1n) is 6.15. The van der Waals surface area contributed by atoms with Crippen LogP contribution in [0.4, 0.5) is 0 Å². The van der Waals surface area contributed by atoms with Gasteiger partial charge in [0.1, 0.15) is 12.4 Å². The SMILES string of the molecule is Cc1cc(C#N)ccc1COc1ccc(Cl)cc1CO. The summed E-state index contributed by atoms with van der Waals surface area (Å²) >= 11 is 5.87. The van der Waals surface area contributed by atoms with E-state index in [1.807, 2.05) is 19.1 Å². The van der Waals surface area contributed by atoms with Crippen LogP contribution in [0.5, 0.6) is 5.75 Å². The van der Waals surface area contributed by atoms with E-state index in [1.165, 1.54) is 0 Å². The third-order valence-electron chi connectivity index (χ3n) is 3.05. The maximum absolute atomic E-state index is 9.29. The molecule has 2 rings (SSSR count). The van der Waals surface area contributed by atoms with E-state index in [4.69, 9.17) is 21.6 Å². The molecule has 0 amide bonds. The molecule has 0 atom stereocenters. The number of hydrogen-bond donors (Lipinski definition) is 1. The zero-order valence-electron chi connectivity index (χ0n) is 11.1. The van der Waals surface area contributed by atoms with E-state index < -0.39 is 0 Å². The van der Waals surface area contributed by atoms with E-state index in [9.17, 15) is 5.11 Å². The van der Waals surface area contributed by atoms with Crippen molar-refractivity contribution < 1.29 is 9.84 Å². The molecule has 0 spiro atoms. The van der Waals surface area contributed by atoms with Gasteiger partial charge in [-0.25, -0.2) is 0 Å². The van der Waals surface area contributed by atoms with Crippen molar-refractivity contribution in [3.8, 4) is 11.8 Å². The molecule has 0 fully saturated rings. The Balaban J connectivity index is 2.15. The maximum Gasteiger partial charge on any atom is 0.125 e. The summed E-state index contributed by atoms with van der Waals surface area (Å²) in [6, 6.07) is 12.7. The monoisotopic (exact) mass is 287 g/mol. The second-order valence-corrected chi connectivity index (χ2v) is 4.89. The predicted octanol–water partition coefficient (Wildman–Crippen LogP) is 3.59. The minimum absolute atomic E-state index is 0.123. The Morgan fingerprint density at radius 3 is 2.65 bits per heavy atom. The van der Waals surface area contributed by atoms with E-state index in [1.54, 1.807) is 24.3 Å². The third kappa shape index (κ3) is 3.30. The van der Waals surface area contributed by atoms with E-state index in [-0.39, 0.29) is 6.61 Å². The van der Waals surface area contributed by atoms with Gasteiger partial charge >= 0.3 is 0 Å². The van der Waals surface area contributed by atoms with E-state index in [2.05, 4.69) is 6.07 Å². The van der Waals surface area contributed by atoms with Gasteiger partial charge in [-0.1, -0.05) is 17.7 Å². The highest BCUT2D eigenvalue weighted by Crippen LogP contribution is 2.24. The summed E-state index contributed by atoms with van der Waals surface area (Å²) in [6.45, 7) is 2.20. The van der Waals surface area contributed by atoms with Gasteiger partial charge in [0.15, 0.2) is 0 Å². The average molecular weight is 288 g/mol. The molecule has 0 aliphatic carbocycles. The summed E-state index contributed by atoms with van der Waals surface area (Å²) in [7, 11) is 0. The highest BCUT2D eigenvalue weighted by atomic mass is 35.5. The smallest absolute Gasteiger partial charge is 0.125 e. The topological polar surface area (TPSA) is 53.2 Å². The molecule has 0 aliphatic rings. The van der Waals surface area contributed by atoms with Gasteiger partial charge in [0, 0.05) is 10.6 Å². The van der Waals surface area contributed by atoms with Crippen molar-refractivity contribution in [2.24, 2.45) is 0 Å². The van der Waals surface area contributed by atoms with Crippen LogP contribution >= 0.6 is 11.6 Å². The number of hydrogen-bond acceptors (Lipinski definition) is 3. The molecule has 0 aromatic heterocycles. The lowest BCUT2D eigenvalue weighted by Crippen LogP contribution is -2.01. The molecule has 20 heavy (non-hydrogen) atoms. The molecule has 0 unspecified atom stereocenters. The Morgan fingerprint density at radius 2 is 2.00 bits per heavy atom. The fourth-order valence-corrected chi connectivity index (χ4v) is 2.09. The minimum atomic E-state index is -0.123. The highest BCUT2D eigenvalue weighted by Gasteiger charge is 2.06. The second kappa shape index (κ2) is 6.42. The van der Waals surface area contributed by atoms with Crippen LogP contribution in [0, 0.1) is 18.3 Å². The first kappa shape index (κ1) is 14.4. The molecule has 0 heterocycles. The summed E-state index contributed by atoms with van der Waals surface area (Å²) in [6.07, 6.45) is 0. The number of aliphatic hydroxyl groups excluding tert-OH is 1. The molecule has 2 aromatic rings. The van der Waals surface area contributed by atoms with Crippen LogP contribution in [-0.4, -0.2) is 5.11 Å². The summed E-state index contributed by atoms with van der Waals surface area (Å²) in [4.78, 5) is 0. The maximum atomic E-state index is 9.29. The Hall–Kier alpha value is -2.02. The van der Waals surface area contributed by atoms with Crippen molar-refractivity contribution in [2.75, 3.05) is 0 Å². The fourth-order valence-electron chi connectivity index (χ4n) is 1.90. The summed E-state index contributed by atoms with van der Waals surface area (Å²) in [5, 5.41) is 18.7. The molecule has 0 saturated heterocycles. The predicted molar refractivity (Wildman–Crippen MR) is 77.6 cm³/mol. The van der Waals surface area contributed by atoms with Crippen LogP contribution in [0.3, 0.4) is 0 Å². The number of aliphatic hydroxyl groups is 1. The third-order valence-corrected chi connectivity index (χ3v) is 3.28. The quantitative estimate of drug-likeness (QED) is 0.935. The normalized spacial score (nSPS) is 10.1. The van der Waals surface area contributed by atoms with Crippen LogP contribution in [-0.2, 0) is 13.2 Å². The van der Waals surface area contributed by atoms with Crippen LogP contribution < -0.4 is 4.74 Å². The van der Waals surface area contributed by atoms with Crippen LogP contribution in [0.15, 0.2) is 36.4 Å². The van der Waals surface area contributed by atoms with E-state index >= 15 is 0 Å². The minimum Gasteiger partial charge on any atom is -0.489 e. The van der Waals surface area contributed by atoms with E-state index in [0.29, 0.717) is 28.5 Å². The number of benzene rings is 2. The average Bonchev–Trinajstić information content (AvgIpc) is 2.46. The Morgan fingerprint density at radius 1 is 1.20 bits per heavy atom. The molecular formula is C16H14ClNO2. The molecule has 3 nitrogen and oxygen atoms in total. The van der Waals surface area contributed by atoms with Crippen molar-refractivity contribution in [1.29, 1.82) is 5.26 Å². The molecule has 0 aliphatic heterocycles. The zero-order chi connectivity index (χ0) is 14.5. The summed E-state index contributed by atoms with van der Waals surface area (Å²) in [5.74, 6) is 0.612. The molecular weight excluding hydrogens is 274 g/mol. The number of halogens is 1. The van der Waals surface area contributed by atoms with Crippen molar-refractivity contribution in [3.05, 3.63) is 63.7 Å². The van der Waals surface area contributed by atoms with Crippen LogP contribution in [0.1, 0.15) is 22.3 Å². The van der Waals surface area contributed by atoms with Gasteiger partial charge in [0.25, 0.3) is 0 Å². The highest BCUT2D eigenvalue weighted by molar-refractivity contribution is 6.30. The fraction of sp³-hybridized carbons (Fsp3) is 0.188. The van der Waals surface area contributed by atoms with Gasteiger partial charge in [0.2, 0.25) is 0 Å². The van der Waals surface area contributed by atoms with Gasteiger partial charge in [-0.3, -0.25) is 0 Å². The lowest BCUT2D eigenvalue weighted by molar-refractivity contribution is 0.259. The van der Waals surface area contributed by atoms with Crippen molar-refractivity contribution in [3.63, 3.8) is 0 Å². The number of nitriles is 1. The zero-order valence-corrected chi connectivity index (χ0v) is 11.8. The molecule has 2 aromatic carbocycles. The number of aryl methyl sites for hydroxylation is 1. The van der Waals surface area contributed by atoms with Crippen molar-refractivity contribution in [2.45, 2.75) is 20.1 Å². The number of rotatable bonds is 4. The molecule has 0 saturated carbocycles. The lowest BCUT2D eigenvalue weighted by Gasteiger charge is -2.12. The van der Waals surface area contributed by atoms with Crippen molar-refractivity contribution in [1.82, 2.24) is 0 Å². The van der Waals surface area contributed by atoms with Crippen LogP contribution in [0.2, 0.25) is 5.02 Å². The lowest BCUT2D eigenvalue weighted by atomic mass is 10.1. The standard InChI is InChI=1S/C16H14ClNO2/c1-11-6-12(8-18)2-3-13(11)10-20-16-5-4-15(17)7-14(16)9-19/h2-7,19H,9-10H2,1H3. The van der Waals surface area contributed by atoms with Crippen molar-refractivity contribution >= 4 is 11.6 Å².